The summed E-state index contributed by atoms with van der Waals surface area (Å²) < 4.78 is 0. The smallest absolute Gasteiger partial charge is 0.326 e. The molecular formula is C18H34N4O7S. The number of carboxylic acids is 1. The summed E-state index contributed by atoms with van der Waals surface area (Å²) in [5.74, 6) is -3.36. The van der Waals surface area contributed by atoms with Gasteiger partial charge in [-0.3, -0.25) is 14.4 Å². The Labute approximate surface area is 180 Å². The first kappa shape index (κ1) is 28.1. The lowest BCUT2D eigenvalue weighted by Gasteiger charge is -2.28. The Bertz CT molecular complexity index is 591. The zero-order valence-corrected chi connectivity index (χ0v) is 18.6. The molecule has 6 atom stereocenters. The molecule has 11 nitrogen and oxygen atoms in total. The highest BCUT2D eigenvalue weighted by Crippen LogP contribution is 2.10. The van der Waals surface area contributed by atoms with Crippen molar-refractivity contribution in [1.29, 1.82) is 0 Å². The molecule has 0 aliphatic carbocycles. The zero-order chi connectivity index (χ0) is 23.4. The molecule has 6 unspecified atom stereocenters. The second-order valence-electron chi connectivity index (χ2n) is 7.07. The van der Waals surface area contributed by atoms with E-state index in [0.717, 1.165) is 0 Å². The number of carboxylic acid groups (broad SMARTS) is 1. The second kappa shape index (κ2) is 14.2. The molecule has 0 heterocycles. The van der Waals surface area contributed by atoms with Gasteiger partial charge in [-0.15, -0.1) is 0 Å². The van der Waals surface area contributed by atoms with E-state index in [1.807, 2.05) is 6.26 Å². The van der Waals surface area contributed by atoms with Crippen molar-refractivity contribution < 1.29 is 34.5 Å². The third kappa shape index (κ3) is 9.28. The van der Waals surface area contributed by atoms with Crippen LogP contribution >= 0.6 is 11.8 Å². The quantitative estimate of drug-likeness (QED) is 0.157. The van der Waals surface area contributed by atoms with E-state index in [1.54, 1.807) is 13.8 Å². The number of hydrogen-bond acceptors (Lipinski definition) is 8. The van der Waals surface area contributed by atoms with E-state index in [1.165, 1.54) is 18.7 Å². The lowest BCUT2D eigenvalue weighted by Crippen LogP contribution is -2.61. The van der Waals surface area contributed by atoms with Gasteiger partial charge in [0.15, 0.2) is 0 Å². The lowest BCUT2D eigenvalue weighted by atomic mass is 9.97. The van der Waals surface area contributed by atoms with Crippen molar-refractivity contribution in [1.82, 2.24) is 16.0 Å². The molecule has 0 aromatic rings. The fourth-order valence-electron chi connectivity index (χ4n) is 2.45. The molecule has 0 rings (SSSR count). The van der Waals surface area contributed by atoms with E-state index in [0.29, 0.717) is 12.2 Å². The summed E-state index contributed by atoms with van der Waals surface area (Å²) in [5.41, 5.74) is 5.41. The normalized spacial score (nSPS) is 17.0. The standard InChI is InChI=1S/C18H34N4O7S/c1-5-9(2)13(16(26)20-12(18(28)29)6-7-30-4)21-17(27)14(10(3)24)22-15(25)11(19)8-23/h9-14,23-24H,5-8,19H2,1-4H3,(H,20,26)(H,21,27)(H,22,25)(H,28,29). The third-order valence-corrected chi connectivity index (χ3v) is 5.26. The van der Waals surface area contributed by atoms with Crippen LogP contribution in [0.1, 0.15) is 33.6 Å². The average Bonchev–Trinajstić information content (AvgIpc) is 2.70. The summed E-state index contributed by atoms with van der Waals surface area (Å²) in [4.78, 5) is 48.7. The van der Waals surface area contributed by atoms with Gasteiger partial charge < -0.3 is 37.0 Å². The van der Waals surface area contributed by atoms with Crippen LogP contribution in [0, 0.1) is 5.92 Å². The van der Waals surface area contributed by atoms with Crippen LogP contribution in [0.3, 0.4) is 0 Å². The van der Waals surface area contributed by atoms with Crippen molar-refractivity contribution in [2.24, 2.45) is 11.7 Å². The predicted molar refractivity (Wildman–Crippen MR) is 113 cm³/mol. The number of carbonyl (C=O) groups is 4. The van der Waals surface area contributed by atoms with Gasteiger partial charge in [0, 0.05) is 0 Å². The molecule has 0 bridgehead atoms. The van der Waals surface area contributed by atoms with Crippen LogP contribution in [-0.4, -0.2) is 87.9 Å². The highest BCUT2D eigenvalue weighted by molar-refractivity contribution is 7.98. The Morgan fingerprint density at radius 2 is 1.53 bits per heavy atom. The molecule has 174 valence electrons. The maximum absolute atomic E-state index is 12.7. The number of carbonyl (C=O) groups excluding carboxylic acids is 3. The van der Waals surface area contributed by atoms with Crippen LogP contribution in [0.15, 0.2) is 0 Å². The summed E-state index contributed by atoms with van der Waals surface area (Å²) in [5, 5.41) is 35.3. The summed E-state index contributed by atoms with van der Waals surface area (Å²) >= 11 is 1.44. The second-order valence-corrected chi connectivity index (χ2v) is 8.05. The highest BCUT2D eigenvalue weighted by Gasteiger charge is 2.34. The number of aliphatic hydroxyl groups is 2. The monoisotopic (exact) mass is 450 g/mol. The average molecular weight is 451 g/mol. The molecule has 12 heteroatoms. The Morgan fingerprint density at radius 3 is 1.97 bits per heavy atom. The highest BCUT2D eigenvalue weighted by atomic mass is 32.2. The van der Waals surface area contributed by atoms with Crippen molar-refractivity contribution >= 4 is 35.5 Å². The molecule has 0 aromatic carbocycles. The Kier molecular flexibility index (Phi) is 13.3. The minimum Gasteiger partial charge on any atom is -0.480 e. The first-order chi connectivity index (χ1) is 14.0. The van der Waals surface area contributed by atoms with E-state index in [-0.39, 0.29) is 12.3 Å². The minimum absolute atomic E-state index is 0.217. The number of hydrogen-bond donors (Lipinski definition) is 7. The van der Waals surface area contributed by atoms with Gasteiger partial charge in [-0.2, -0.15) is 11.8 Å². The lowest BCUT2D eigenvalue weighted by molar-refractivity contribution is -0.142. The maximum Gasteiger partial charge on any atom is 0.326 e. The Balaban J connectivity index is 5.41. The van der Waals surface area contributed by atoms with Gasteiger partial charge in [0.25, 0.3) is 0 Å². The minimum atomic E-state index is -1.42. The van der Waals surface area contributed by atoms with Gasteiger partial charge in [-0.25, -0.2) is 4.79 Å². The van der Waals surface area contributed by atoms with Gasteiger partial charge in [0.1, 0.15) is 24.2 Å². The topological polar surface area (TPSA) is 191 Å². The molecule has 0 aromatic heterocycles. The molecule has 30 heavy (non-hydrogen) atoms. The van der Waals surface area contributed by atoms with Gasteiger partial charge in [0.05, 0.1) is 12.7 Å². The maximum atomic E-state index is 12.7. The Hall–Kier alpha value is -1.89. The number of nitrogens with one attached hydrogen (secondary N) is 3. The van der Waals surface area contributed by atoms with Crippen LogP contribution in [0.4, 0.5) is 0 Å². The van der Waals surface area contributed by atoms with Gasteiger partial charge in [-0.05, 0) is 31.3 Å². The molecule has 0 saturated carbocycles. The number of nitrogens with two attached hydrogens (primary N) is 1. The van der Waals surface area contributed by atoms with E-state index in [4.69, 9.17) is 10.8 Å². The molecular weight excluding hydrogens is 416 g/mol. The van der Waals surface area contributed by atoms with Crippen molar-refractivity contribution in [2.45, 2.75) is 63.9 Å². The summed E-state index contributed by atoms with van der Waals surface area (Å²) in [6, 6.07) is -4.88. The van der Waals surface area contributed by atoms with Gasteiger partial charge in [-0.1, -0.05) is 20.3 Å². The van der Waals surface area contributed by atoms with Crippen molar-refractivity contribution in [3.8, 4) is 0 Å². The van der Waals surface area contributed by atoms with E-state index < -0.39 is 60.6 Å². The number of rotatable bonds is 14. The van der Waals surface area contributed by atoms with Crippen LogP contribution in [0.5, 0.6) is 0 Å². The first-order valence-electron chi connectivity index (χ1n) is 9.67. The van der Waals surface area contributed by atoms with E-state index >= 15 is 0 Å². The summed E-state index contributed by atoms with van der Waals surface area (Å²) in [7, 11) is 0. The van der Waals surface area contributed by atoms with Crippen LogP contribution in [0.2, 0.25) is 0 Å². The molecule has 3 amide bonds. The van der Waals surface area contributed by atoms with Crippen molar-refractivity contribution in [3.05, 3.63) is 0 Å². The van der Waals surface area contributed by atoms with Crippen LogP contribution < -0.4 is 21.7 Å². The van der Waals surface area contributed by atoms with Gasteiger partial charge >= 0.3 is 5.97 Å². The predicted octanol–water partition coefficient (Wildman–Crippen LogP) is -1.97. The SMILES string of the molecule is CCC(C)C(NC(=O)C(NC(=O)C(N)CO)C(C)O)C(=O)NC(CCSC)C(=O)O. The third-order valence-electron chi connectivity index (χ3n) is 4.61. The van der Waals surface area contributed by atoms with E-state index in [9.17, 15) is 29.4 Å². The Morgan fingerprint density at radius 1 is 1.00 bits per heavy atom. The van der Waals surface area contributed by atoms with Crippen LogP contribution in [0.25, 0.3) is 0 Å². The summed E-state index contributed by atoms with van der Waals surface area (Å²) in [6.07, 6.45) is 1.22. The fraction of sp³-hybridized carbons (Fsp3) is 0.778. The first-order valence-corrected chi connectivity index (χ1v) is 11.1. The molecule has 8 N–H and O–H groups in total. The number of aliphatic hydroxyl groups excluding tert-OH is 2. The van der Waals surface area contributed by atoms with Crippen molar-refractivity contribution in [3.63, 3.8) is 0 Å². The largest absolute Gasteiger partial charge is 0.480 e. The molecule has 0 fully saturated rings. The fourth-order valence-corrected chi connectivity index (χ4v) is 2.92. The zero-order valence-electron chi connectivity index (χ0n) is 17.8. The number of amides is 3. The molecule has 0 radical (unpaired) electrons. The van der Waals surface area contributed by atoms with Gasteiger partial charge in [0.2, 0.25) is 17.7 Å². The molecule has 0 saturated heterocycles. The molecule has 0 aliphatic rings. The molecule has 0 spiro atoms. The van der Waals surface area contributed by atoms with Crippen molar-refractivity contribution in [2.75, 3.05) is 18.6 Å². The summed E-state index contributed by atoms with van der Waals surface area (Å²) in [6.45, 7) is 4.13. The number of aliphatic carboxylic acids is 1. The van der Waals surface area contributed by atoms with Crippen LogP contribution in [-0.2, 0) is 19.2 Å². The molecule has 0 aliphatic heterocycles. The number of thioether (sulfide) groups is 1. The van der Waals surface area contributed by atoms with E-state index in [2.05, 4.69) is 16.0 Å².